The number of aryl methyl sites for hydroxylation is 1. The fraction of sp³-hybridized carbons (Fsp3) is 0.0833. The summed E-state index contributed by atoms with van der Waals surface area (Å²) in [5.41, 5.74) is 4.71. The summed E-state index contributed by atoms with van der Waals surface area (Å²) in [5, 5.41) is 2.41. The van der Waals surface area contributed by atoms with Gasteiger partial charge in [0.1, 0.15) is 0 Å². The molecule has 0 unspecified atom stereocenters. The predicted molar refractivity (Wildman–Crippen MR) is 114 cm³/mol. The van der Waals surface area contributed by atoms with Crippen LogP contribution in [0, 0.1) is 6.92 Å². The Hall–Kier alpha value is -3.17. The number of nitrogens with zero attached hydrogens (tertiary/aromatic N) is 1. The van der Waals surface area contributed by atoms with Gasteiger partial charge in [-0.2, -0.15) is 0 Å². The number of benzene rings is 3. The molecule has 28 heavy (non-hydrogen) atoms. The topological polar surface area (TPSA) is 39.2 Å². The smallest absolute Gasteiger partial charge is 0.357 e. The Bertz CT molecular complexity index is 1170. The van der Waals surface area contributed by atoms with Gasteiger partial charge in [0.15, 0.2) is 5.69 Å². The van der Waals surface area contributed by atoms with E-state index in [0.717, 1.165) is 33.0 Å². The van der Waals surface area contributed by atoms with E-state index in [1.807, 2.05) is 79.7 Å². The van der Waals surface area contributed by atoms with E-state index in [0.29, 0.717) is 16.4 Å². The number of hydrogen-bond donors (Lipinski definition) is 0. The van der Waals surface area contributed by atoms with Crippen LogP contribution in [0.1, 0.15) is 16.1 Å². The van der Waals surface area contributed by atoms with Crippen molar-refractivity contribution in [1.82, 2.24) is 4.98 Å². The van der Waals surface area contributed by atoms with Crippen molar-refractivity contribution in [1.29, 1.82) is 0 Å². The second kappa shape index (κ2) is 7.45. The minimum atomic E-state index is -0.468. The highest BCUT2D eigenvalue weighted by Crippen LogP contribution is 2.38. The molecule has 0 aliphatic rings. The second-order valence-corrected chi connectivity index (χ2v) is 7.03. The molecule has 3 nitrogen and oxygen atoms in total. The molecule has 1 heterocycles. The maximum absolute atomic E-state index is 12.7. The number of halogens is 1. The van der Waals surface area contributed by atoms with Crippen molar-refractivity contribution in [2.24, 2.45) is 0 Å². The van der Waals surface area contributed by atoms with Crippen molar-refractivity contribution < 1.29 is 9.53 Å². The number of aromatic nitrogens is 1. The minimum Gasteiger partial charge on any atom is -0.464 e. The van der Waals surface area contributed by atoms with E-state index in [1.54, 1.807) is 0 Å². The van der Waals surface area contributed by atoms with E-state index in [9.17, 15) is 4.79 Å². The monoisotopic (exact) mass is 387 g/mol. The van der Waals surface area contributed by atoms with Crippen LogP contribution < -0.4 is 0 Å². The predicted octanol–water partition coefficient (Wildman–Crippen LogP) is 6.32. The zero-order valence-electron chi connectivity index (χ0n) is 15.6. The Kier molecular flexibility index (Phi) is 4.84. The summed E-state index contributed by atoms with van der Waals surface area (Å²) >= 11 is 6.31. The molecule has 138 valence electrons. The van der Waals surface area contributed by atoms with Gasteiger partial charge >= 0.3 is 5.97 Å². The summed E-state index contributed by atoms with van der Waals surface area (Å²) in [6.45, 7) is 2.03. The van der Waals surface area contributed by atoms with Gasteiger partial charge in [0.25, 0.3) is 0 Å². The number of fused-ring (bicyclic) bond motifs is 1. The number of rotatable bonds is 3. The van der Waals surface area contributed by atoms with Crippen LogP contribution in [0.3, 0.4) is 0 Å². The van der Waals surface area contributed by atoms with Crippen LogP contribution in [0.2, 0.25) is 5.02 Å². The summed E-state index contributed by atoms with van der Waals surface area (Å²) in [7, 11) is 1.37. The Morgan fingerprint density at radius 1 is 0.893 bits per heavy atom. The largest absolute Gasteiger partial charge is 0.464 e. The van der Waals surface area contributed by atoms with Gasteiger partial charge in [-0.1, -0.05) is 77.8 Å². The molecule has 1 aromatic heterocycles. The first-order valence-corrected chi connectivity index (χ1v) is 9.30. The van der Waals surface area contributed by atoms with Gasteiger partial charge in [-0.15, -0.1) is 0 Å². The third kappa shape index (κ3) is 3.25. The maximum atomic E-state index is 12.7. The van der Waals surface area contributed by atoms with Gasteiger partial charge in [0, 0.05) is 21.5 Å². The average Bonchev–Trinajstić information content (AvgIpc) is 2.73. The van der Waals surface area contributed by atoms with Gasteiger partial charge in [-0.25, -0.2) is 9.78 Å². The van der Waals surface area contributed by atoms with Crippen molar-refractivity contribution in [3.8, 4) is 22.4 Å². The fourth-order valence-corrected chi connectivity index (χ4v) is 3.53. The molecule has 0 spiro atoms. The van der Waals surface area contributed by atoms with Crippen molar-refractivity contribution in [3.05, 3.63) is 89.1 Å². The second-order valence-electron chi connectivity index (χ2n) is 6.60. The molecule has 0 atom stereocenters. The summed E-state index contributed by atoms with van der Waals surface area (Å²) in [6.07, 6.45) is 0. The van der Waals surface area contributed by atoms with Gasteiger partial charge in [-0.3, -0.25) is 0 Å². The lowest BCUT2D eigenvalue weighted by Crippen LogP contribution is -2.08. The summed E-state index contributed by atoms with van der Waals surface area (Å²) in [5.74, 6) is -0.468. The minimum absolute atomic E-state index is 0.292. The molecule has 4 rings (SSSR count). The van der Waals surface area contributed by atoms with E-state index in [1.165, 1.54) is 7.11 Å². The molecule has 0 aliphatic carbocycles. The van der Waals surface area contributed by atoms with E-state index in [4.69, 9.17) is 21.3 Å². The summed E-state index contributed by atoms with van der Waals surface area (Å²) in [4.78, 5) is 17.4. The van der Waals surface area contributed by atoms with E-state index >= 15 is 0 Å². The molecule has 0 amide bonds. The van der Waals surface area contributed by atoms with E-state index in [-0.39, 0.29) is 0 Å². The Morgan fingerprint density at radius 3 is 2.29 bits per heavy atom. The molecular formula is C24H18ClNO2. The average molecular weight is 388 g/mol. The normalized spacial score (nSPS) is 10.8. The number of carbonyl (C=O) groups excluding carboxylic acids is 1. The number of esters is 1. The summed E-state index contributed by atoms with van der Waals surface area (Å²) in [6, 6.07) is 23.5. The zero-order valence-corrected chi connectivity index (χ0v) is 16.3. The van der Waals surface area contributed by atoms with Gasteiger partial charge < -0.3 is 4.74 Å². The number of methoxy groups -OCH3 is 1. The van der Waals surface area contributed by atoms with Crippen molar-refractivity contribution in [2.75, 3.05) is 7.11 Å². The van der Waals surface area contributed by atoms with Crippen LogP contribution >= 0.6 is 11.6 Å². The highest BCUT2D eigenvalue weighted by Gasteiger charge is 2.22. The first-order valence-electron chi connectivity index (χ1n) is 8.92. The van der Waals surface area contributed by atoms with E-state index in [2.05, 4.69) is 0 Å². The molecule has 0 saturated heterocycles. The summed E-state index contributed by atoms with van der Waals surface area (Å²) < 4.78 is 5.06. The third-order valence-corrected chi connectivity index (χ3v) is 4.97. The Balaban J connectivity index is 2.13. The van der Waals surface area contributed by atoms with Gasteiger partial charge in [-0.05, 0) is 30.0 Å². The van der Waals surface area contributed by atoms with Gasteiger partial charge in [0.05, 0.1) is 12.8 Å². The standard InChI is InChI=1S/C24H18ClNO2/c1-15-8-10-16(11-9-15)21-19-13-12-18(25)14-20(19)22(17-6-4-3-5-7-17)26-23(21)24(27)28-2/h3-14H,1-2H3. The molecule has 0 N–H and O–H groups in total. The molecule has 4 heteroatoms. The van der Waals surface area contributed by atoms with Crippen LogP contribution in [-0.4, -0.2) is 18.1 Å². The van der Waals surface area contributed by atoms with Crippen LogP contribution in [0.25, 0.3) is 33.2 Å². The Morgan fingerprint density at radius 2 is 1.61 bits per heavy atom. The lowest BCUT2D eigenvalue weighted by atomic mass is 9.93. The van der Waals surface area contributed by atoms with Crippen molar-refractivity contribution in [3.63, 3.8) is 0 Å². The van der Waals surface area contributed by atoms with Crippen LogP contribution in [-0.2, 0) is 4.74 Å². The molecule has 0 fully saturated rings. The number of carbonyl (C=O) groups is 1. The quantitative estimate of drug-likeness (QED) is 0.386. The highest BCUT2D eigenvalue weighted by atomic mass is 35.5. The first-order chi connectivity index (χ1) is 13.6. The Labute approximate surface area is 168 Å². The van der Waals surface area contributed by atoms with E-state index < -0.39 is 5.97 Å². The number of hydrogen-bond acceptors (Lipinski definition) is 3. The molecular weight excluding hydrogens is 370 g/mol. The fourth-order valence-electron chi connectivity index (χ4n) is 3.36. The van der Waals surface area contributed by atoms with Gasteiger partial charge in [0.2, 0.25) is 0 Å². The lowest BCUT2D eigenvalue weighted by molar-refractivity contribution is 0.0595. The van der Waals surface area contributed by atoms with Crippen molar-refractivity contribution in [2.45, 2.75) is 6.92 Å². The maximum Gasteiger partial charge on any atom is 0.357 e. The number of ether oxygens (including phenoxy) is 1. The van der Waals surface area contributed by atoms with Crippen LogP contribution in [0.15, 0.2) is 72.8 Å². The molecule has 0 aliphatic heterocycles. The number of pyridine rings is 1. The molecule has 4 aromatic rings. The molecule has 0 bridgehead atoms. The van der Waals surface area contributed by atoms with Crippen LogP contribution in [0.4, 0.5) is 0 Å². The highest BCUT2D eigenvalue weighted by molar-refractivity contribution is 6.31. The van der Waals surface area contributed by atoms with Crippen LogP contribution in [0.5, 0.6) is 0 Å². The molecule has 3 aromatic carbocycles. The molecule has 0 saturated carbocycles. The molecule has 0 radical (unpaired) electrons. The first kappa shape index (κ1) is 18.2. The third-order valence-electron chi connectivity index (χ3n) is 4.73. The zero-order chi connectivity index (χ0) is 19.7. The van der Waals surface area contributed by atoms with Crippen molar-refractivity contribution >= 4 is 28.3 Å². The lowest BCUT2D eigenvalue weighted by Gasteiger charge is -2.16. The SMILES string of the molecule is COC(=O)c1nc(-c2ccccc2)c2cc(Cl)ccc2c1-c1ccc(C)cc1.